The predicted molar refractivity (Wildman–Crippen MR) is 109 cm³/mol. The van der Waals surface area contributed by atoms with Gasteiger partial charge in [0.15, 0.2) is 5.82 Å². The Morgan fingerprint density at radius 3 is 2.58 bits per heavy atom. The molecule has 31 heavy (non-hydrogen) atoms. The number of halogens is 1. The first-order valence-corrected chi connectivity index (χ1v) is 10.2. The smallest absolute Gasteiger partial charge is 0.407 e. The number of amides is 2. The van der Waals surface area contributed by atoms with Crippen LogP contribution in [0, 0.1) is 29.0 Å². The molecule has 1 saturated carbocycles. The summed E-state index contributed by atoms with van der Waals surface area (Å²) in [6, 6.07) is 7.04. The van der Waals surface area contributed by atoms with Crippen LogP contribution in [0.1, 0.15) is 42.1 Å². The van der Waals surface area contributed by atoms with Crippen LogP contribution < -0.4 is 11.1 Å². The first kappa shape index (κ1) is 20.7. The second kappa shape index (κ2) is 8.26. The van der Waals surface area contributed by atoms with Crippen molar-refractivity contribution in [2.24, 2.45) is 17.6 Å². The number of carbonyl (C=O) groups excluding carboxylic acids is 1. The van der Waals surface area contributed by atoms with Gasteiger partial charge in [-0.1, -0.05) is 12.8 Å². The lowest BCUT2D eigenvalue weighted by Crippen LogP contribution is -2.51. The molecule has 10 heteroatoms. The number of aromatic nitrogens is 2. The molecule has 1 aromatic carbocycles. The zero-order valence-corrected chi connectivity index (χ0v) is 16.7. The molecule has 2 heterocycles. The lowest BCUT2D eigenvalue weighted by Gasteiger charge is -2.41. The van der Waals surface area contributed by atoms with E-state index < -0.39 is 35.8 Å². The van der Waals surface area contributed by atoms with E-state index in [-0.39, 0.29) is 17.9 Å². The molecule has 0 radical (unpaired) electrons. The summed E-state index contributed by atoms with van der Waals surface area (Å²) in [5.74, 6) is -1.05. The summed E-state index contributed by atoms with van der Waals surface area (Å²) in [6.07, 6.45) is 3.60. The standard InChI is InChI=1S/C21H23FN6O3/c22-13-3-5-14(6-4-13)25-20-16(19(24)29)11-28(26-20)17-7-8-27(21(30)31)18(15(17)10-23)9-12-1-2-12/h3-6,11-12,15,17-18H,1-2,7-9H2,(H2,24,29)(H,25,26)(H,30,31)/t15-,17-,18?/m0/s1. The third kappa shape index (κ3) is 4.30. The molecule has 4 N–H and O–H groups in total. The van der Waals surface area contributed by atoms with Crippen LogP contribution in [-0.2, 0) is 0 Å². The molecule has 2 aliphatic rings. The lowest BCUT2D eigenvalue weighted by atomic mass is 9.83. The highest BCUT2D eigenvalue weighted by Gasteiger charge is 2.44. The van der Waals surface area contributed by atoms with Crippen LogP contribution in [0.2, 0.25) is 0 Å². The number of rotatable bonds is 6. The minimum atomic E-state index is -1.03. The summed E-state index contributed by atoms with van der Waals surface area (Å²) in [6.45, 7) is 0.280. The molecule has 2 aromatic rings. The Morgan fingerprint density at radius 2 is 2.00 bits per heavy atom. The topological polar surface area (TPSA) is 137 Å². The van der Waals surface area contributed by atoms with Gasteiger partial charge < -0.3 is 21.1 Å². The second-order valence-corrected chi connectivity index (χ2v) is 8.10. The number of carboxylic acid groups (broad SMARTS) is 1. The minimum absolute atomic E-state index is 0.139. The molecule has 2 fully saturated rings. The molecular weight excluding hydrogens is 403 g/mol. The van der Waals surface area contributed by atoms with Gasteiger partial charge in [0.2, 0.25) is 0 Å². The number of piperidine rings is 1. The molecule has 1 aromatic heterocycles. The third-order valence-electron chi connectivity index (χ3n) is 6.01. The van der Waals surface area contributed by atoms with E-state index in [4.69, 9.17) is 5.73 Å². The van der Waals surface area contributed by atoms with Crippen LogP contribution in [0.25, 0.3) is 0 Å². The molecule has 0 spiro atoms. The Bertz CT molecular complexity index is 1030. The number of nitriles is 1. The van der Waals surface area contributed by atoms with E-state index in [0.717, 1.165) is 12.8 Å². The van der Waals surface area contributed by atoms with E-state index >= 15 is 0 Å². The van der Waals surface area contributed by atoms with Gasteiger partial charge in [0.05, 0.1) is 24.1 Å². The van der Waals surface area contributed by atoms with Gasteiger partial charge in [-0.3, -0.25) is 9.48 Å². The van der Waals surface area contributed by atoms with E-state index in [2.05, 4.69) is 16.5 Å². The predicted octanol–water partition coefficient (Wildman–Crippen LogP) is 3.10. The number of anilines is 2. The summed E-state index contributed by atoms with van der Waals surface area (Å²) in [7, 11) is 0. The van der Waals surface area contributed by atoms with Crippen molar-refractivity contribution >= 4 is 23.5 Å². The van der Waals surface area contributed by atoms with E-state index in [0.29, 0.717) is 24.4 Å². The monoisotopic (exact) mass is 426 g/mol. The molecule has 0 bridgehead atoms. The second-order valence-electron chi connectivity index (χ2n) is 8.10. The first-order valence-electron chi connectivity index (χ1n) is 10.2. The average molecular weight is 426 g/mol. The first-order chi connectivity index (χ1) is 14.9. The molecule has 1 saturated heterocycles. The number of nitrogens with zero attached hydrogens (tertiary/aromatic N) is 4. The number of primary amides is 1. The van der Waals surface area contributed by atoms with Gasteiger partial charge in [-0.25, -0.2) is 9.18 Å². The van der Waals surface area contributed by atoms with Gasteiger partial charge in [0.1, 0.15) is 11.4 Å². The highest BCUT2D eigenvalue weighted by molar-refractivity contribution is 5.98. The zero-order chi connectivity index (χ0) is 22.1. The van der Waals surface area contributed by atoms with E-state index in [1.807, 2.05) is 0 Å². The number of carbonyl (C=O) groups is 2. The zero-order valence-electron chi connectivity index (χ0n) is 16.7. The van der Waals surface area contributed by atoms with Crippen LogP contribution in [0.4, 0.5) is 20.7 Å². The average Bonchev–Trinajstić information content (AvgIpc) is 3.45. The van der Waals surface area contributed by atoms with E-state index in [1.54, 1.807) is 4.68 Å². The molecule has 1 aliphatic heterocycles. The Labute approximate surface area is 178 Å². The normalized spacial score (nSPS) is 23.2. The lowest BCUT2D eigenvalue weighted by molar-refractivity contribution is 0.0607. The molecule has 2 amide bonds. The van der Waals surface area contributed by atoms with E-state index in [9.17, 15) is 24.3 Å². The molecule has 3 atom stereocenters. The Balaban J connectivity index is 1.64. The van der Waals surface area contributed by atoms with Crippen LogP contribution in [-0.4, -0.2) is 44.4 Å². The highest BCUT2D eigenvalue weighted by atomic mass is 19.1. The Kier molecular flexibility index (Phi) is 5.50. The maximum Gasteiger partial charge on any atom is 0.407 e. The Hall–Kier alpha value is -3.61. The van der Waals surface area contributed by atoms with Crippen molar-refractivity contribution in [3.63, 3.8) is 0 Å². The number of hydrogen-bond donors (Lipinski definition) is 3. The van der Waals surface area contributed by atoms with Crippen molar-refractivity contribution < 1.29 is 19.1 Å². The third-order valence-corrected chi connectivity index (χ3v) is 6.01. The fraction of sp³-hybridized carbons (Fsp3) is 0.429. The highest BCUT2D eigenvalue weighted by Crippen LogP contribution is 2.42. The van der Waals surface area contributed by atoms with Crippen LogP contribution >= 0.6 is 0 Å². The molecular formula is C21H23FN6O3. The van der Waals surface area contributed by atoms with Crippen molar-refractivity contribution in [3.8, 4) is 6.07 Å². The Morgan fingerprint density at radius 1 is 1.29 bits per heavy atom. The summed E-state index contributed by atoms with van der Waals surface area (Å²) < 4.78 is 14.7. The maximum absolute atomic E-state index is 13.2. The van der Waals surface area contributed by atoms with E-state index in [1.165, 1.54) is 35.4 Å². The fourth-order valence-corrected chi connectivity index (χ4v) is 4.25. The largest absolute Gasteiger partial charge is 0.465 e. The van der Waals surface area contributed by atoms with Gasteiger partial charge in [-0.15, -0.1) is 0 Å². The number of nitrogens with two attached hydrogens (primary N) is 1. The summed E-state index contributed by atoms with van der Waals surface area (Å²) in [5, 5.41) is 27.0. The van der Waals surface area contributed by atoms with Crippen molar-refractivity contribution in [2.45, 2.75) is 37.8 Å². The molecule has 1 unspecified atom stereocenters. The van der Waals surface area contributed by atoms with Gasteiger partial charge in [-0.05, 0) is 43.0 Å². The van der Waals surface area contributed by atoms with Crippen LogP contribution in [0.3, 0.4) is 0 Å². The van der Waals surface area contributed by atoms with Gasteiger partial charge in [0.25, 0.3) is 5.91 Å². The van der Waals surface area contributed by atoms with Crippen molar-refractivity contribution in [1.29, 1.82) is 5.26 Å². The molecule has 1 aliphatic carbocycles. The quantitative estimate of drug-likeness (QED) is 0.649. The summed E-state index contributed by atoms with van der Waals surface area (Å²) in [4.78, 5) is 25.1. The number of hydrogen-bond acceptors (Lipinski definition) is 5. The summed E-state index contributed by atoms with van der Waals surface area (Å²) in [5.41, 5.74) is 6.19. The van der Waals surface area contributed by atoms with Crippen molar-refractivity contribution in [3.05, 3.63) is 41.8 Å². The van der Waals surface area contributed by atoms with Gasteiger partial charge >= 0.3 is 6.09 Å². The minimum Gasteiger partial charge on any atom is -0.465 e. The van der Waals surface area contributed by atoms with Gasteiger partial charge in [-0.2, -0.15) is 10.4 Å². The molecule has 162 valence electrons. The molecule has 9 nitrogen and oxygen atoms in total. The fourth-order valence-electron chi connectivity index (χ4n) is 4.25. The number of benzene rings is 1. The van der Waals surface area contributed by atoms with Gasteiger partial charge in [0, 0.05) is 18.4 Å². The number of nitrogens with one attached hydrogen (secondary N) is 1. The van der Waals surface area contributed by atoms with Crippen molar-refractivity contribution in [1.82, 2.24) is 14.7 Å². The van der Waals surface area contributed by atoms with Crippen LogP contribution in [0.5, 0.6) is 0 Å². The maximum atomic E-state index is 13.2. The molecule has 4 rings (SSSR count). The van der Waals surface area contributed by atoms with Crippen LogP contribution in [0.15, 0.2) is 30.5 Å². The van der Waals surface area contributed by atoms with Crippen molar-refractivity contribution in [2.75, 3.05) is 11.9 Å². The SMILES string of the molecule is N#C[C@@H]1C(CC2CC2)N(C(=O)O)CC[C@@H]1n1cc(C(N)=O)c(Nc2ccc(F)cc2)n1. The number of likely N-dealkylation sites (tertiary alicyclic amines) is 1. The summed E-state index contributed by atoms with van der Waals surface area (Å²) >= 11 is 0.